The van der Waals surface area contributed by atoms with E-state index in [4.69, 9.17) is 11.6 Å². The number of amides is 2. The zero-order chi connectivity index (χ0) is 17.6. The van der Waals surface area contributed by atoms with Gasteiger partial charge in [-0.1, -0.05) is 18.0 Å². The molecule has 2 N–H and O–H groups in total. The molecule has 1 fully saturated rings. The van der Waals surface area contributed by atoms with Gasteiger partial charge in [-0.25, -0.2) is 0 Å². The van der Waals surface area contributed by atoms with Crippen LogP contribution < -0.4 is 10.6 Å². The largest absolute Gasteiger partial charge is 0.356 e. The molecule has 1 saturated heterocycles. The van der Waals surface area contributed by atoms with Crippen LogP contribution in [0, 0.1) is 0 Å². The number of rotatable bonds is 6. The molecule has 0 aromatic heterocycles. The van der Waals surface area contributed by atoms with Gasteiger partial charge in [-0.05, 0) is 57.1 Å². The van der Waals surface area contributed by atoms with Gasteiger partial charge in [0.05, 0.1) is 10.9 Å². The minimum Gasteiger partial charge on any atom is -0.356 e. The maximum atomic E-state index is 12.2. The van der Waals surface area contributed by atoms with Gasteiger partial charge in [0.15, 0.2) is 0 Å². The van der Waals surface area contributed by atoms with E-state index in [1.807, 2.05) is 6.07 Å². The number of thioether (sulfide) groups is 1. The van der Waals surface area contributed by atoms with Gasteiger partial charge in [0, 0.05) is 22.9 Å². The fourth-order valence-electron chi connectivity index (χ4n) is 3.21. The number of hydrogen-bond acceptors (Lipinski definition) is 4. The van der Waals surface area contributed by atoms with Crippen LogP contribution in [-0.2, 0) is 9.59 Å². The molecule has 2 aliphatic rings. The second-order valence-corrected chi connectivity index (χ2v) is 8.23. The molecule has 25 heavy (non-hydrogen) atoms. The van der Waals surface area contributed by atoms with E-state index in [0.29, 0.717) is 11.6 Å². The lowest BCUT2D eigenvalue weighted by Crippen LogP contribution is -2.36. The third-order valence-electron chi connectivity index (χ3n) is 4.55. The first-order chi connectivity index (χ1) is 12.1. The lowest BCUT2D eigenvalue weighted by atomic mass is 10.1. The molecule has 2 heterocycles. The number of likely N-dealkylation sites (tertiary alicyclic amines) is 1. The number of hydrogen-bond donors (Lipinski definition) is 2. The molecule has 0 unspecified atom stereocenters. The highest BCUT2D eigenvalue weighted by molar-refractivity contribution is 8.01. The second kappa shape index (κ2) is 8.92. The van der Waals surface area contributed by atoms with Gasteiger partial charge < -0.3 is 15.5 Å². The third-order valence-corrected chi connectivity index (χ3v) is 6.06. The topological polar surface area (TPSA) is 61.4 Å². The van der Waals surface area contributed by atoms with Crippen LogP contribution in [0.5, 0.6) is 0 Å². The van der Waals surface area contributed by atoms with Crippen molar-refractivity contribution >= 4 is 40.9 Å². The zero-order valence-corrected chi connectivity index (χ0v) is 15.8. The van der Waals surface area contributed by atoms with Gasteiger partial charge >= 0.3 is 0 Å². The molecule has 1 aromatic carbocycles. The summed E-state index contributed by atoms with van der Waals surface area (Å²) in [7, 11) is 0. The van der Waals surface area contributed by atoms with Crippen molar-refractivity contribution in [2.45, 2.75) is 42.2 Å². The summed E-state index contributed by atoms with van der Waals surface area (Å²) in [4.78, 5) is 27.7. The number of piperidine rings is 1. The van der Waals surface area contributed by atoms with E-state index in [0.717, 1.165) is 23.5 Å². The van der Waals surface area contributed by atoms with Crippen molar-refractivity contribution in [2.24, 2.45) is 0 Å². The Kier molecular flexibility index (Phi) is 6.62. The van der Waals surface area contributed by atoms with Crippen LogP contribution in [0.1, 0.15) is 32.1 Å². The lowest BCUT2D eigenvalue weighted by molar-refractivity contribution is -0.124. The Morgan fingerprint density at radius 2 is 2.12 bits per heavy atom. The van der Waals surface area contributed by atoms with Crippen molar-refractivity contribution in [3.05, 3.63) is 23.2 Å². The van der Waals surface area contributed by atoms with E-state index in [2.05, 4.69) is 15.5 Å². The predicted molar refractivity (Wildman–Crippen MR) is 102 cm³/mol. The molecule has 0 spiro atoms. The van der Waals surface area contributed by atoms with Crippen LogP contribution in [0.2, 0.25) is 5.02 Å². The Morgan fingerprint density at radius 1 is 1.32 bits per heavy atom. The van der Waals surface area contributed by atoms with Crippen LogP contribution in [0.4, 0.5) is 5.69 Å². The van der Waals surface area contributed by atoms with Gasteiger partial charge in [-0.3, -0.25) is 9.59 Å². The highest BCUT2D eigenvalue weighted by Gasteiger charge is 2.29. The van der Waals surface area contributed by atoms with Crippen molar-refractivity contribution in [3.8, 4) is 0 Å². The second-order valence-electron chi connectivity index (χ2n) is 6.55. The summed E-state index contributed by atoms with van der Waals surface area (Å²) in [6.07, 6.45) is 5.06. The van der Waals surface area contributed by atoms with Crippen LogP contribution in [0.25, 0.3) is 0 Å². The van der Waals surface area contributed by atoms with E-state index in [9.17, 15) is 9.59 Å². The summed E-state index contributed by atoms with van der Waals surface area (Å²) < 4.78 is 0. The Balaban J connectivity index is 1.40. The molecule has 5 nitrogen and oxygen atoms in total. The van der Waals surface area contributed by atoms with E-state index >= 15 is 0 Å². The van der Waals surface area contributed by atoms with Gasteiger partial charge in [0.25, 0.3) is 0 Å². The first-order valence-electron chi connectivity index (χ1n) is 8.88. The van der Waals surface area contributed by atoms with Gasteiger partial charge in [-0.15, -0.1) is 11.8 Å². The van der Waals surface area contributed by atoms with Crippen LogP contribution in [0.3, 0.4) is 0 Å². The minimum absolute atomic E-state index is 0.0660. The normalized spacial score (nSPS) is 20.7. The van der Waals surface area contributed by atoms with Crippen molar-refractivity contribution in [3.63, 3.8) is 0 Å². The minimum atomic E-state index is -0.393. The summed E-state index contributed by atoms with van der Waals surface area (Å²) in [5.41, 5.74) is 0.723. The molecule has 0 radical (unpaired) electrons. The molecule has 2 amide bonds. The Bertz CT molecular complexity index is 635. The van der Waals surface area contributed by atoms with Crippen molar-refractivity contribution < 1.29 is 9.59 Å². The molecule has 1 aromatic rings. The number of benzene rings is 1. The first kappa shape index (κ1) is 18.5. The molecule has 0 saturated carbocycles. The van der Waals surface area contributed by atoms with Crippen LogP contribution >= 0.6 is 23.4 Å². The number of nitrogens with zero attached hydrogens (tertiary/aromatic N) is 1. The summed E-state index contributed by atoms with van der Waals surface area (Å²) in [6.45, 7) is 4.06. The molecule has 3 rings (SSSR count). The number of carbonyl (C=O) groups is 2. The number of nitrogens with one attached hydrogen (secondary N) is 2. The van der Waals surface area contributed by atoms with Gasteiger partial charge in [0.1, 0.15) is 0 Å². The lowest BCUT2D eigenvalue weighted by Gasteiger charge is -2.26. The van der Waals surface area contributed by atoms with E-state index in [1.165, 1.54) is 44.1 Å². The molecule has 7 heteroatoms. The molecule has 136 valence electrons. The molecule has 1 atom stereocenters. The monoisotopic (exact) mass is 381 g/mol. The number of halogens is 1. The van der Waals surface area contributed by atoms with Gasteiger partial charge in [-0.2, -0.15) is 0 Å². The molecular formula is C18H24ClN3O2S. The summed E-state index contributed by atoms with van der Waals surface area (Å²) in [6, 6.07) is 5.41. The van der Waals surface area contributed by atoms with E-state index in [1.54, 1.807) is 12.1 Å². The maximum Gasteiger partial charge on any atom is 0.238 e. The highest BCUT2D eigenvalue weighted by Crippen LogP contribution is 2.38. The van der Waals surface area contributed by atoms with Crippen molar-refractivity contribution in [1.82, 2.24) is 10.2 Å². The average molecular weight is 382 g/mol. The Hall–Kier alpha value is -1.24. The number of anilines is 1. The Labute approximate surface area is 157 Å². The first-order valence-corrected chi connectivity index (χ1v) is 10.1. The smallest absolute Gasteiger partial charge is 0.238 e. The molecule has 0 aliphatic carbocycles. The molecule has 0 bridgehead atoms. The predicted octanol–water partition coefficient (Wildman–Crippen LogP) is 3.14. The SMILES string of the molecule is O=C(C[C@H]1Sc2ccc(Cl)cc2NC1=O)NCCCN1CCCCC1. The maximum absolute atomic E-state index is 12.2. The summed E-state index contributed by atoms with van der Waals surface area (Å²) in [5.74, 6) is -0.202. The van der Waals surface area contributed by atoms with Crippen molar-refractivity contribution in [1.29, 1.82) is 0 Å². The Morgan fingerprint density at radius 3 is 2.92 bits per heavy atom. The van der Waals surface area contributed by atoms with Crippen molar-refractivity contribution in [2.75, 3.05) is 31.5 Å². The third kappa shape index (κ3) is 5.36. The quantitative estimate of drug-likeness (QED) is 0.743. The van der Waals surface area contributed by atoms with E-state index in [-0.39, 0.29) is 18.2 Å². The number of fused-ring (bicyclic) bond motifs is 1. The number of carbonyl (C=O) groups excluding carboxylic acids is 2. The van der Waals surface area contributed by atoms with E-state index < -0.39 is 5.25 Å². The molecule has 2 aliphatic heterocycles. The van der Waals surface area contributed by atoms with Crippen LogP contribution in [0.15, 0.2) is 23.1 Å². The zero-order valence-electron chi connectivity index (χ0n) is 14.2. The fourth-order valence-corrected chi connectivity index (χ4v) is 4.47. The highest BCUT2D eigenvalue weighted by atomic mass is 35.5. The average Bonchev–Trinajstić information content (AvgIpc) is 2.60. The van der Waals surface area contributed by atoms with Gasteiger partial charge in [0.2, 0.25) is 11.8 Å². The summed E-state index contributed by atoms with van der Waals surface area (Å²) >= 11 is 7.37. The molecular weight excluding hydrogens is 358 g/mol. The summed E-state index contributed by atoms with van der Waals surface area (Å²) in [5, 5.41) is 5.97. The van der Waals surface area contributed by atoms with Crippen LogP contribution in [-0.4, -0.2) is 48.1 Å². The standard InChI is InChI=1S/C18H24ClN3O2S/c19-13-5-6-15-14(11-13)21-18(24)16(25-15)12-17(23)20-7-4-10-22-8-2-1-3-9-22/h5-6,11,16H,1-4,7-10,12H2,(H,20,23)(H,21,24)/t16-/m1/s1. The fraction of sp³-hybridized carbons (Fsp3) is 0.556.